The number of ether oxygens (including phenoxy) is 1. The zero-order valence-electron chi connectivity index (χ0n) is 18.6. The Balaban J connectivity index is 1.98. The molecule has 0 spiro atoms. The summed E-state index contributed by atoms with van der Waals surface area (Å²) in [6.45, 7) is 9.55. The van der Waals surface area contributed by atoms with Gasteiger partial charge in [-0.25, -0.2) is 4.79 Å². The summed E-state index contributed by atoms with van der Waals surface area (Å²) in [5.41, 5.74) is -0.432. The number of nitro groups is 1. The number of pyridine rings is 1. The molecule has 0 unspecified atom stereocenters. The Kier molecular flexibility index (Phi) is 6.25. The van der Waals surface area contributed by atoms with Gasteiger partial charge >= 0.3 is 5.97 Å². The van der Waals surface area contributed by atoms with E-state index in [-0.39, 0.29) is 17.8 Å². The van der Waals surface area contributed by atoms with Crippen LogP contribution in [0.15, 0.2) is 23.1 Å². The summed E-state index contributed by atoms with van der Waals surface area (Å²) in [4.78, 5) is 48.9. The number of rotatable bonds is 6. The second-order valence-electron chi connectivity index (χ2n) is 8.80. The number of aromatic nitrogens is 1. The van der Waals surface area contributed by atoms with Crippen LogP contribution in [0.25, 0.3) is 0 Å². The third kappa shape index (κ3) is 4.73. The van der Waals surface area contributed by atoms with Gasteiger partial charge in [-0.1, -0.05) is 0 Å². The average Bonchev–Trinajstić information content (AvgIpc) is 3.00. The highest BCUT2D eigenvalue weighted by Crippen LogP contribution is 2.45. The van der Waals surface area contributed by atoms with E-state index < -0.39 is 34.4 Å². The molecule has 0 bridgehead atoms. The van der Waals surface area contributed by atoms with Crippen molar-refractivity contribution >= 4 is 33.9 Å². The fourth-order valence-electron chi connectivity index (χ4n) is 4.11. The van der Waals surface area contributed by atoms with E-state index in [4.69, 9.17) is 4.74 Å². The van der Waals surface area contributed by atoms with Crippen molar-refractivity contribution in [3.8, 4) is 0 Å². The molecule has 1 amide bonds. The van der Waals surface area contributed by atoms with Crippen molar-refractivity contribution in [1.29, 1.82) is 0 Å². The molecule has 1 aliphatic heterocycles. The monoisotopic (exact) mass is 462 g/mol. The summed E-state index contributed by atoms with van der Waals surface area (Å²) in [7, 11) is 0. The molecule has 0 radical (unpaired) electrons. The van der Waals surface area contributed by atoms with Crippen LogP contribution in [-0.2, 0) is 28.0 Å². The first-order chi connectivity index (χ1) is 14.8. The molecule has 0 aliphatic carbocycles. The molecule has 0 aromatic carbocycles. The van der Waals surface area contributed by atoms with Crippen LogP contribution in [-0.4, -0.2) is 33.5 Å². The molecule has 3 heterocycles. The standard InChI is InChI=1S/C21H26N4O6S/c1-6-31-19(28)16-13-9-20(2,3)23-21(4,5)17(13)32-18(16)22-14(26)11-24-10-12(25(29)30)7-8-15(24)27/h7-8,10,23H,6,9,11H2,1-5H3,(H,22,26). The van der Waals surface area contributed by atoms with Gasteiger partial charge in [-0.05, 0) is 46.6 Å². The molecule has 0 saturated heterocycles. The molecule has 2 aromatic rings. The lowest BCUT2D eigenvalue weighted by molar-refractivity contribution is -0.385. The van der Waals surface area contributed by atoms with Crippen molar-refractivity contribution in [3.63, 3.8) is 0 Å². The van der Waals surface area contributed by atoms with Crippen molar-refractivity contribution in [2.24, 2.45) is 0 Å². The molecular formula is C21H26N4O6S. The van der Waals surface area contributed by atoms with Crippen LogP contribution in [0, 0.1) is 10.1 Å². The van der Waals surface area contributed by atoms with E-state index in [9.17, 15) is 24.5 Å². The van der Waals surface area contributed by atoms with E-state index in [0.717, 1.165) is 33.3 Å². The SMILES string of the molecule is CCOC(=O)c1c(NC(=O)Cn2cc([N+](=O)[O-])ccc2=O)sc2c1CC(C)(C)NC2(C)C. The Morgan fingerprint density at radius 2 is 2.00 bits per heavy atom. The minimum atomic E-state index is -0.642. The zero-order chi connectivity index (χ0) is 23.8. The van der Waals surface area contributed by atoms with E-state index in [1.165, 1.54) is 11.3 Å². The van der Waals surface area contributed by atoms with Crippen LogP contribution >= 0.6 is 11.3 Å². The number of nitrogens with zero attached hydrogens (tertiary/aromatic N) is 2. The Morgan fingerprint density at radius 3 is 2.62 bits per heavy atom. The molecule has 2 aromatic heterocycles. The number of carbonyl (C=O) groups is 2. The lowest BCUT2D eigenvalue weighted by atomic mass is 9.81. The molecule has 3 rings (SSSR count). The summed E-state index contributed by atoms with van der Waals surface area (Å²) in [6.07, 6.45) is 1.58. The quantitative estimate of drug-likeness (QED) is 0.383. The fourth-order valence-corrected chi connectivity index (χ4v) is 5.39. The zero-order valence-corrected chi connectivity index (χ0v) is 19.4. The number of fused-ring (bicyclic) bond motifs is 1. The number of hydrogen-bond acceptors (Lipinski definition) is 8. The van der Waals surface area contributed by atoms with E-state index in [2.05, 4.69) is 10.6 Å². The topological polar surface area (TPSA) is 133 Å². The van der Waals surface area contributed by atoms with Crippen LogP contribution in [0.2, 0.25) is 0 Å². The van der Waals surface area contributed by atoms with Crippen molar-refractivity contribution in [1.82, 2.24) is 9.88 Å². The first-order valence-electron chi connectivity index (χ1n) is 10.1. The number of nitrogens with one attached hydrogen (secondary N) is 2. The normalized spacial score (nSPS) is 16.2. The number of thiophene rings is 1. The van der Waals surface area contributed by atoms with Gasteiger partial charge in [0.15, 0.2) is 0 Å². The van der Waals surface area contributed by atoms with E-state index >= 15 is 0 Å². The predicted octanol–water partition coefficient (Wildman–Crippen LogP) is 2.79. The summed E-state index contributed by atoms with van der Waals surface area (Å²) in [6, 6.07) is 2.12. The van der Waals surface area contributed by atoms with Gasteiger partial charge < -0.3 is 15.4 Å². The van der Waals surface area contributed by atoms with Gasteiger partial charge in [0.1, 0.15) is 11.5 Å². The Hall–Kier alpha value is -3.05. The number of hydrogen-bond donors (Lipinski definition) is 2. The maximum atomic E-state index is 12.8. The first kappa shape index (κ1) is 23.6. The van der Waals surface area contributed by atoms with E-state index in [0.29, 0.717) is 17.0 Å². The first-order valence-corrected chi connectivity index (χ1v) is 10.9. The van der Waals surface area contributed by atoms with Gasteiger partial charge in [0.05, 0.1) is 23.3 Å². The highest BCUT2D eigenvalue weighted by atomic mass is 32.1. The van der Waals surface area contributed by atoms with Gasteiger partial charge in [0, 0.05) is 28.1 Å². The minimum Gasteiger partial charge on any atom is -0.462 e. The molecule has 2 N–H and O–H groups in total. The highest BCUT2D eigenvalue weighted by molar-refractivity contribution is 7.17. The van der Waals surface area contributed by atoms with Crippen LogP contribution in [0.5, 0.6) is 0 Å². The lowest BCUT2D eigenvalue weighted by Gasteiger charge is -2.42. The molecule has 0 atom stereocenters. The van der Waals surface area contributed by atoms with Crippen molar-refractivity contribution in [3.05, 3.63) is 54.8 Å². The summed E-state index contributed by atoms with van der Waals surface area (Å²) < 4.78 is 6.21. The summed E-state index contributed by atoms with van der Waals surface area (Å²) in [5.74, 6) is -1.11. The lowest BCUT2D eigenvalue weighted by Crippen LogP contribution is -2.55. The number of anilines is 1. The van der Waals surface area contributed by atoms with Crippen LogP contribution < -0.4 is 16.2 Å². The van der Waals surface area contributed by atoms with Crippen molar-refractivity contribution < 1.29 is 19.2 Å². The van der Waals surface area contributed by atoms with Gasteiger partial charge in [0.2, 0.25) is 5.91 Å². The van der Waals surface area contributed by atoms with Crippen molar-refractivity contribution in [2.45, 2.75) is 58.7 Å². The maximum absolute atomic E-state index is 12.8. The minimum absolute atomic E-state index is 0.185. The Labute approximate surface area is 188 Å². The average molecular weight is 463 g/mol. The molecule has 0 saturated carbocycles. The molecule has 10 nitrogen and oxygen atoms in total. The molecule has 11 heteroatoms. The second kappa shape index (κ2) is 8.47. The summed E-state index contributed by atoms with van der Waals surface area (Å²) in [5, 5.41) is 17.6. The van der Waals surface area contributed by atoms with Gasteiger partial charge in [-0.15, -0.1) is 11.3 Å². The predicted molar refractivity (Wildman–Crippen MR) is 120 cm³/mol. The second-order valence-corrected chi connectivity index (χ2v) is 9.82. The Bertz CT molecular complexity index is 1150. The number of amides is 1. The third-order valence-corrected chi connectivity index (χ3v) is 6.54. The summed E-state index contributed by atoms with van der Waals surface area (Å²) >= 11 is 1.28. The van der Waals surface area contributed by atoms with Crippen LogP contribution in [0.4, 0.5) is 10.7 Å². The molecule has 172 valence electrons. The van der Waals surface area contributed by atoms with E-state index in [1.807, 2.05) is 27.7 Å². The molecular weight excluding hydrogens is 436 g/mol. The Morgan fingerprint density at radius 1 is 1.31 bits per heavy atom. The molecule has 32 heavy (non-hydrogen) atoms. The van der Waals surface area contributed by atoms with Crippen molar-refractivity contribution in [2.75, 3.05) is 11.9 Å². The highest BCUT2D eigenvalue weighted by Gasteiger charge is 2.42. The van der Waals surface area contributed by atoms with Crippen LogP contribution in [0.3, 0.4) is 0 Å². The molecule has 1 aliphatic rings. The van der Waals surface area contributed by atoms with Crippen LogP contribution in [0.1, 0.15) is 55.4 Å². The third-order valence-electron chi connectivity index (χ3n) is 5.07. The van der Waals surface area contributed by atoms with Gasteiger partial charge in [-0.2, -0.15) is 0 Å². The van der Waals surface area contributed by atoms with Gasteiger partial charge in [0.25, 0.3) is 11.2 Å². The largest absolute Gasteiger partial charge is 0.462 e. The van der Waals surface area contributed by atoms with E-state index in [1.54, 1.807) is 6.92 Å². The maximum Gasteiger partial charge on any atom is 0.341 e. The number of carbonyl (C=O) groups excluding carboxylic acids is 2. The smallest absolute Gasteiger partial charge is 0.341 e. The fraction of sp³-hybridized carbons (Fsp3) is 0.476. The molecule has 0 fully saturated rings. The number of esters is 1. The van der Waals surface area contributed by atoms with Gasteiger partial charge in [-0.3, -0.25) is 24.3 Å².